The van der Waals surface area contributed by atoms with E-state index in [1.54, 1.807) is 13.8 Å². The van der Waals surface area contributed by atoms with Crippen molar-refractivity contribution in [2.45, 2.75) is 52.4 Å². The quantitative estimate of drug-likeness (QED) is 0.111. The average molecular weight is 941 g/mol. The number of benzene rings is 8. The third-order valence-corrected chi connectivity index (χ3v) is 14.9. The molecule has 0 radical (unpaired) electrons. The van der Waals surface area contributed by atoms with Gasteiger partial charge in [-0.3, -0.25) is 9.59 Å². The number of rotatable bonds is 8. The van der Waals surface area contributed by atoms with E-state index in [1.165, 1.54) is 44.5 Å². The molecule has 6 nitrogen and oxygen atoms in total. The molecule has 0 bridgehead atoms. The first kappa shape index (κ1) is 45.9. The summed E-state index contributed by atoms with van der Waals surface area (Å²) in [6.07, 6.45) is 0. The van der Waals surface area contributed by atoms with Gasteiger partial charge < -0.3 is 9.47 Å². The minimum Gasteiger partial charge on any atom is -0.462 e. The first-order valence-corrected chi connectivity index (χ1v) is 24.6. The summed E-state index contributed by atoms with van der Waals surface area (Å²) in [6.45, 7) is 13.0. The van der Waals surface area contributed by atoms with Crippen molar-refractivity contribution in [2.75, 3.05) is 13.2 Å². The normalized spacial score (nSPS) is 14.9. The minimum absolute atomic E-state index is 0.104. The maximum atomic E-state index is 13.6. The topological polar surface area (TPSA) is 86.7 Å². The van der Waals surface area contributed by atoms with Crippen LogP contribution in [0.1, 0.15) is 107 Å². The van der Waals surface area contributed by atoms with E-state index in [0.29, 0.717) is 22.3 Å². The molecular formula is C66H52O6. The molecule has 8 aromatic carbocycles. The number of Topliss-reactive ketones (excluding diaryl/α,β-unsaturated/α-hetero) is 2. The summed E-state index contributed by atoms with van der Waals surface area (Å²) in [5.41, 5.74) is 19.9. The van der Waals surface area contributed by atoms with Crippen LogP contribution in [0.15, 0.2) is 193 Å². The minimum atomic E-state index is -0.573. The lowest BCUT2D eigenvalue weighted by molar-refractivity contribution is -0.138. The highest BCUT2D eigenvalue weighted by molar-refractivity contribution is 6.36. The van der Waals surface area contributed by atoms with Crippen LogP contribution in [0.5, 0.6) is 0 Å². The first-order valence-electron chi connectivity index (χ1n) is 24.6. The molecule has 4 aliphatic rings. The summed E-state index contributed by atoms with van der Waals surface area (Å²) in [7, 11) is 0. The maximum absolute atomic E-state index is 13.6. The molecule has 0 unspecified atom stereocenters. The van der Waals surface area contributed by atoms with E-state index in [9.17, 15) is 19.2 Å². The first-order chi connectivity index (χ1) is 34.8. The van der Waals surface area contributed by atoms with Gasteiger partial charge in [-0.2, -0.15) is 0 Å². The molecule has 0 fully saturated rings. The molecule has 352 valence electrons. The summed E-state index contributed by atoms with van der Waals surface area (Å²) in [4.78, 5) is 52.9. The molecule has 0 atom stereocenters. The fraction of sp³-hybridized carbons (Fsp3) is 0.152. The van der Waals surface area contributed by atoms with Crippen LogP contribution in [0, 0.1) is 0 Å². The zero-order chi connectivity index (χ0) is 50.1. The smallest absolute Gasteiger partial charge is 0.342 e. The lowest BCUT2D eigenvalue weighted by Crippen LogP contribution is -2.15. The van der Waals surface area contributed by atoms with Gasteiger partial charge in [0.25, 0.3) is 0 Å². The van der Waals surface area contributed by atoms with Crippen molar-refractivity contribution in [1.82, 2.24) is 0 Å². The second-order valence-electron chi connectivity index (χ2n) is 19.7. The van der Waals surface area contributed by atoms with Gasteiger partial charge in [-0.15, -0.1) is 0 Å². The number of carbonyl (C=O) groups is 4. The Morgan fingerprint density at radius 2 is 0.667 bits per heavy atom. The molecule has 8 aromatic rings. The van der Waals surface area contributed by atoms with Crippen molar-refractivity contribution >= 4 is 34.7 Å². The monoisotopic (exact) mass is 940 g/mol. The number of hydrogen-bond donors (Lipinski definition) is 0. The Balaban J connectivity index is 0.000000156. The van der Waals surface area contributed by atoms with E-state index in [0.717, 1.165) is 44.5 Å². The van der Waals surface area contributed by atoms with Gasteiger partial charge in [-0.1, -0.05) is 185 Å². The van der Waals surface area contributed by atoms with Crippen LogP contribution in [-0.2, 0) is 29.9 Å². The fourth-order valence-corrected chi connectivity index (χ4v) is 11.4. The van der Waals surface area contributed by atoms with Crippen molar-refractivity contribution < 1.29 is 28.7 Å². The van der Waals surface area contributed by atoms with E-state index in [4.69, 9.17) is 9.47 Å². The van der Waals surface area contributed by atoms with Crippen LogP contribution in [0.25, 0.3) is 55.7 Å². The van der Waals surface area contributed by atoms with Crippen LogP contribution >= 0.6 is 0 Å². The molecule has 0 aromatic heterocycles. The number of hydrogen-bond acceptors (Lipinski definition) is 6. The van der Waals surface area contributed by atoms with E-state index in [2.05, 4.69) is 113 Å². The Hall–Kier alpha value is -8.48. The highest BCUT2D eigenvalue weighted by Gasteiger charge is 2.40. The molecule has 0 heterocycles. The second kappa shape index (κ2) is 17.7. The fourth-order valence-electron chi connectivity index (χ4n) is 11.4. The van der Waals surface area contributed by atoms with Crippen LogP contribution in [0.4, 0.5) is 0 Å². The van der Waals surface area contributed by atoms with Crippen LogP contribution in [-0.4, -0.2) is 36.7 Å². The predicted octanol–water partition coefficient (Wildman–Crippen LogP) is 14.4. The summed E-state index contributed by atoms with van der Waals surface area (Å²) in [5.74, 6) is -1.71. The van der Waals surface area contributed by atoms with Gasteiger partial charge in [-0.25, -0.2) is 9.59 Å². The lowest BCUT2D eigenvalue weighted by atomic mass is 9.81. The van der Waals surface area contributed by atoms with Gasteiger partial charge >= 0.3 is 11.9 Å². The van der Waals surface area contributed by atoms with Crippen LogP contribution < -0.4 is 0 Å². The van der Waals surface area contributed by atoms with Gasteiger partial charge in [-0.05, 0) is 127 Å². The molecule has 0 spiro atoms. The SMILES string of the molecule is CCOC(=O)C1=C(c2ccccc2)c2ccc(-c3ccc4c(c3)C(C)(C)c3ccccc3-4)cc2C1=O.CCOC(=O)C1=C(c2ccccc2)c2ccc(-c3ccc4c(c3)C(C)(C)c3ccccc3-4)cc2C1=O. The van der Waals surface area contributed by atoms with Crippen LogP contribution in [0.2, 0.25) is 0 Å². The van der Waals surface area contributed by atoms with Crippen molar-refractivity contribution in [1.29, 1.82) is 0 Å². The zero-order valence-corrected chi connectivity index (χ0v) is 41.2. The van der Waals surface area contributed by atoms with Gasteiger partial charge in [0.1, 0.15) is 11.1 Å². The molecule has 12 rings (SSSR count). The van der Waals surface area contributed by atoms with E-state index >= 15 is 0 Å². The van der Waals surface area contributed by atoms with Crippen molar-refractivity contribution in [3.8, 4) is 44.5 Å². The second-order valence-corrected chi connectivity index (χ2v) is 19.7. The Morgan fingerprint density at radius 1 is 0.347 bits per heavy atom. The third kappa shape index (κ3) is 7.31. The molecule has 72 heavy (non-hydrogen) atoms. The molecule has 6 heteroatoms. The third-order valence-electron chi connectivity index (χ3n) is 14.9. The zero-order valence-electron chi connectivity index (χ0n) is 41.2. The number of esters is 2. The average Bonchev–Trinajstić information content (AvgIpc) is 4.03. The molecular weight excluding hydrogens is 889 g/mol. The van der Waals surface area contributed by atoms with E-state index < -0.39 is 11.9 Å². The van der Waals surface area contributed by atoms with Crippen LogP contribution in [0.3, 0.4) is 0 Å². The van der Waals surface area contributed by atoms with Gasteiger partial charge in [0, 0.05) is 33.1 Å². The Kier molecular flexibility index (Phi) is 11.3. The lowest BCUT2D eigenvalue weighted by Gasteiger charge is -2.22. The molecule has 0 amide bonds. The summed E-state index contributed by atoms with van der Waals surface area (Å²) in [5, 5.41) is 0. The predicted molar refractivity (Wildman–Crippen MR) is 286 cm³/mol. The van der Waals surface area contributed by atoms with Gasteiger partial charge in [0.15, 0.2) is 0 Å². The van der Waals surface area contributed by atoms with Crippen molar-refractivity contribution in [2.24, 2.45) is 0 Å². The molecule has 0 saturated heterocycles. The Morgan fingerprint density at radius 3 is 1.04 bits per heavy atom. The molecule has 0 N–H and O–H groups in total. The molecule has 0 saturated carbocycles. The highest BCUT2D eigenvalue weighted by Crippen LogP contribution is 2.52. The number of carbonyl (C=O) groups excluding carboxylic acids is 4. The largest absolute Gasteiger partial charge is 0.462 e. The van der Waals surface area contributed by atoms with E-state index in [1.807, 2.05) is 97.1 Å². The highest BCUT2D eigenvalue weighted by atomic mass is 16.5. The van der Waals surface area contributed by atoms with Crippen molar-refractivity contribution in [3.05, 3.63) is 249 Å². The van der Waals surface area contributed by atoms with E-state index in [-0.39, 0.29) is 46.8 Å². The Bertz CT molecular complexity index is 3420. The summed E-state index contributed by atoms with van der Waals surface area (Å²) in [6, 6.07) is 61.3. The summed E-state index contributed by atoms with van der Waals surface area (Å²) >= 11 is 0. The number of ether oxygens (including phenoxy) is 2. The standard InChI is InChI=1S/2C33H26O3/c2*1-4-36-32(35)30-29(20-10-6-5-7-11-20)25-17-15-21(18-26(25)31(30)34)22-14-16-24-23-12-8-9-13-27(23)33(2,3)28(24)19-22/h2*5-19H,4H2,1-3H3. The summed E-state index contributed by atoms with van der Waals surface area (Å²) < 4.78 is 10.6. The molecule has 4 aliphatic carbocycles. The number of ketones is 2. The molecule has 0 aliphatic heterocycles. The van der Waals surface area contributed by atoms with Crippen molar-refractivity contribution in [3.63, 3.8) is 0 Å². The van der Waals surface area contributed by atoms with Gasteiger partial charge in [0.2, 0.25) is 11.6 Å². The Labute approximate surface area is 420 Å². The maximum Gasteiger partial charge on any atom is 0.342 e. The van der Waals surface area contributed by atoms with Gasteiger partial charge in [0.05, 0.1) is 13.2 Å². The number of fused-ring (bicyclic) bond motifs is 8.